The van der Waals surface area contributed by atoms with Gasteiger partial charge in [-0.1, -0.05) is 39.7 Å². The average Bonchev–Trinajstić information content (AvgIpc) is 2.67. The first-order valence-electron chi connectivity index (χ1n) is 8.87. The van der Waals surface area contributed by atoms with E-state index in [9.17, 15) is 0 Å². The Labute approximate surface area is 187 Å². The van der Waals surface area contributed by atoms with E-state index in [0.29, 0.717) is 36.3 Å². The molecular formula is C22H20Br2ClNO2. The molecule has 1 N–H and O–H groups in total. The van der Waals surface area contributed by atoms with Crippen LogP contribution in [0.2, 0.25) is 5.02 Å². The number of halogens is 3. The van der Waals surface area contributed by atoms with Crippen molar-refractivity contribution in [3.63, 3.8) is 0 Å². The smallest absolute Gasteiger partial charge is 0.175 e. The van der Waals surface area contributed by atoms with Crippen molar-refractivity contribution in [2.75, 3.05) is 11.9 Å². The zero-order chi connectivity index (χ0) is 19.9. The van der Waals surface area contributed by atoms with Gasteiger partial charge < -0.3 is 14.8 Å². The second kappa shape index (κ2) is 10.2. The molecule has 0 radical (unpaired) electrons. The Balaban J connectivity index is 1.74. The fourth-order valence-electron chi connectivity index (χ4n) is 2.68. The van der Waals surface area contributed by atoms with Crippen LogP contribution in [0, 0.1) is 0 Å². The quantitative estimate of drug-likeness (QED) is 0.331. The fraction of sp³-hybridized carbons (Fsp3) is 0.182. The molecule has 0 aromatic heterocycles. The predicted octanol–water partition coefficient (Wildman–Crippen LogP) is 7.45. The Morgan fingerprint density at radius 2 is 1.71 bits per heavy atom. The van der Waals surface area contributed by atoms with E-state index in [0.717, 1.165) is 25.8 Å². The molecule has 0 saturated carbocycles. The van der Waals surface area contributed by atoms with Gasteiger partial charge in [0, 0.05) is 21.7 Å². The summed E-state index contributed by atoms with van der Waals surface area (Å²) in [5.41, 5.74) is 3.15. The predicted molar refractivity (Wildman–Crippen MR) is 123 cm³/mol. The second-order valence-corrected chi connectivity index (χ2v) is 8.32. The third kappa shape index (κ3) is 5.90. The Morgan fingerprint density at radius 3 is 2.43 bits per heavy atom. The van der Waals surface area contributed by atoms with Crippen molar-refractivity contribution >= 4 is 49.1 Å². The number of nitrogens with one attached hydrogen (secondary N) is 1. The third-order valence-electron chi connectivity index (χ3n) is 3.98. The lowest BCUT2D eigenvalue weighted by molar-refractivity contribution is 0.267. The Hall–Kier alpha value is -1.69. The number of rotatable bonds is 8. The van der Waals surface area contributed by atoms with E-state index < -0.39 is 0 Å². The van der Waals surface area contributed by atoms with Crippen LogP contribution in [0.1, 0.15) is 18.1 Å². The molecule has 0 heterocycles. The van der Waals surface area contributed by atoms with Gasteiger partial charge in [0.25, 0.3) is 0 Å². The summed E-state index contributed by atoms with van der Waals surface area (Å²) < 4.78 is 13.8. The molecule has 0 unspecified atom stereocenters. The van der Waals surface area contributed by atoms with Gasteiger partial charge in [-0.2, -0.15) is 0 Å². The maximum atomic E-state index is 6.05. The number of hydrogen-bond acceptors (Lipinski definition) is 3. The second-order valence-electron chi connectivity index (χ2n) is 6.12. The van der Waals surface area contributed by atoms with E-state index >= 15 is 0 Å². The van der Waals surface area contributed by atoms with Crippen LogP contribution in [0.3, 0.4) is 0 Å². The molecule has 0 spiro atoms. The number of hydrogen-bond donors (Lipinski definition) is 1. The highest BCUT2D eigenvalue weighted by atomic mass is 79.9. The van der Waals surface area contributed by atoms with Gasteiger partial charge >= 0.3 is 0 Å². The lowest BCUT2D eigenvalue weighted by Gasteiger charge is -2.16. The topological polar surface area (TPSA) is 30.5 Å². The van der Waals surface area contributed by atoms with Gasteiger partial charge in [-0.25, -0.2) is 0 Å². The third-order valence-corrected chi connectivity index (χ3v) is 5.34. The molecule has 0 atom stereocenters. The summed E-state index contributed by atoms with van der Waals surface area (Å²) in [6.45, 7) is 3.61. The largest absolute Gasteiger partial charge is 0.490 e. The molecule has 146 valence electrons. The maximum absolute atomic E-state index is 6.05. The van der Waals surface area contributed by atoms with Crippen LogP contribution in [0.15, 0.2) is 69.6 Å². The van der Waals surface area contributed by atoms with Crippen molar-refractivity contribution in [3.8, 4) is 11.5 Å². The van der Waals surface area contributed by atoms with Gasteiger partial charge in [0.1, 0.15) is 6.61 Å². The minimum Gasteiger partial charge on any atom is -0.490 e. The summed E-state index contributed by atoms with van der Waals surface area (Å²) >= 11 is 13.1. The normalized spacial score (nSPS) is 10.6. The highest BCUT2D eigenvalue weighted by molar-refractivity contribution is 9.10. The van der Waals surface area contributed by atoms with E-state index in [1.807, 2.05) is 67.6 Å². The van der Waals surface area contributed by atoms with Crippen molar-refractivity contribution in [1.82, 2.24) is 0 Å². The Bertz CT molecular complexity index is 932. The Morgan fingerprint density at radius 1 is 0.929 bits per heavy atom. The molecule has 3 rings (SSSR count). The molecule has 3 aromatic rings. The molecule has 0 amide bonds. The molecule has 0 bridgehead atoms. The first kappa shape index (κ1) is 21.0. The standard InChI is InChI=1S/C22H20Br2ClNO2/c1-2-27-21-12-16(13-26-19-8-6-17(23)7-9-19)11-20(24)22(21)28-14-15-4-3-5-18(25)10-15/h3-12,26H,2,13-14H2,1H3. The van der Waals surface area contributed by atoms with Gasteiger partial charge in [0.15, 0.2) is 11.5 Å². The highest BCUT2D eigenvalue weighted by Gasteiger charge is 2.13. The summed E-state index contributed by atoms with van der Waals surface area (Å²) in [6, 6.07) is 19.8. The molecule has 0 aliphatic heterocycles. The molecule has 3 nitrogen and oxygen atoms in total. The SMILES string of the molecule is CCOc1cc(CNc2ccc(Br)cc2)cc(Br)c1OCc1cccc(Cl)c1. The summed E-state index contributed by atoms with van der Waals surface area (Å²) in [5.74, 6) is 1.40. The summed E-state index contributed by atoms with van der Waals surface area (Å²) in [6.07, 6.45) is 0. The summed E-state index contributed by atoms with van der Waals surface area (Å²) in [7, 11) is 0. The number of benzene rings is 3. The minimum absolute atomic E-state index is 0.412. The van der Waals surface area contributed by atoms with Crippen molar-refractivity contribution in [2.45, 2.75) is 20.1 Å². The van der Waals surface area contributed by atoms with Crippen molar-refractivity contribution in [2.24, 2.45) is 0 Å². The van der Waals surface area contributed by atoms with Crippen molar-refractivity contribution in [3.05, 3.63) is 85.8 Å². The van der Waals surface area contributed by atoms with E-state index in [1.54, 1.807) is 0 Å². The lowest BCUT2D eigenvalue weighted by Crippen LogP contribution is -2.04. The molecule has 6 heteroatoms. The first-order valence-corrected chi connectivity index (χ1v) is 10.8. The first-order chi connectivity index (χ1) is 13.5. The van der Waals surface area contributed by atoms with Crippen LogP contribution in [-0.4, -0.2) is 6.61 Å². The molecule has 0 aliphatic rings. The van der Waals surface area contributed by atoms with Crippen LogP contribution < -0.4 is 14.8 Å². The molecule has 0 saturated heterocycles. The van der Waals surface area contributed by atoms with Crippen LogP contribution in [0.5, 0.6) is 11.5 Å². The fourth-order valence-corrected chi connectivity index (χ4v) is 3.76. The molecule has 0 aliphatic carbocycles. The average molecular weight is 526 g/mol. The maximum Gasteiger partial charge on any atom is 0.175 e. The van der Waals surface area contributed by atoms with Gasteiger partial charge in [-0.05, 0) is 82.5 Å². The number of ether oxygens (including phenoxy) is 2. The van der Waals surface area contributed by atoms with Crippen molar-refractivity contribution in [1.29, 1.82) is 0 Å². The molecule has 28 heavy (non-hydrogen) atoms. The lowest BCUT2D eigenvalue weighted by atomic mass is 10.2. The van der Waals surface area contributed by atoms with Crippen LogP contribution >= 0.6 is 43.5 Å². The van der Waals surface area contributed by atoms with Gasteiger partial charge in [0.2, 0.25) is 0 Å². The van der Waals surface area contributed by atoms with Crippen LogP contribution in [0.4, 0.5) is 5.69 Å². The van der Waals surface area contributed by atoms with Gasteiger partial charge in [-0.15, -0.1) is 0 Å². The van der Waals surface area contributed by atoms with E-state index in [4.69, 9.17) is 21.1 Å². The van der Waals surface area contributed by atoms with Gasteiger partial charge in [-0.3, -0.25) is 0 Å². The minimum atomic E-state index is 0.412. The molecular weight excluding hydrogens is 506 g/mol. The van der Waals surface area contributed by atoms with Crippen LogP contribution in [0.25, 0.3) is 0 Å². The zero-order valence-corrected chi connectivity index (χ0v) is 19.3. The molecule has 3 aromatic carbocycles. The van der Waals surface area contributed by atoms with E-state index in [-0.39, 0.29) is 0 Å². The monoisotopic (exact) mass is 523 g/mol. The summed E-state index contributed by atoms with van der Waals surface area (Å²) in [5, 5.41) is 4.11. The zero-order valence-electron chi connectivity index (χ0n) is 15.3. The van der Waals surface area contributed by atoms with Crippen LogP contribution in [-0.2, 0) is 13.2 Å². The summed E-state index contributed by atoms with van der Waals surface area (Å²) in [4.78, 5) is 0. The Kier molecular flexibility index (Phi) is 7.65. The number of anilines is 1. The van der Waals surface area contributed by atoms with Crippen molar-refractivity contribution < 1.29 is 9.47 Å². The van der Waals surface area contributed by atoms with E-state index in [2.05, 4.69) is 37.2 Å². The molecule has 0 fully saturated rings. The van der Waals surface area contributed by atoms with E-state index in [1.165, 1.54) is 0 Å². The highest BCUT2D eigenvalue weighted by Crippen LogP contribution is 2.37. The van der Waals surface area contributed by atoms with Gasteiger partial charge in [0.05, 0.1) is 11.1 Å².